The highest BCUT2D eigenvalue weighted by Gasteiger charge is 2.32. The first-order valence-electron chi connectivity index (χ1n) is 7.53. The van der Waals surface area contributed by atoms with Gasteiger partial charge in [-0.3, -0.25) is 4.79 Å². The second kappa shape index (κ2) is 6.73. The second-order valence-electron chi connectivity index (χ2n) is 6.90. The van der Waals surface area contributed by atoms with Gasteiger partial charge in [-0.25, -0.2) is 4.79 Å². The molecule has 22 heavy (non-hydrogen) atoms. The number of carbonyl (C=O) groups is 2. The molecule has 2 unspecified atom stereocenters. The molecule has 4 nitrogen and oxygen atoms in total. The van der Waals surface area contributed by atoms with Gasteiger partial charge in [-0.05, 0) is 29.9 Å². The van der Waals surface area contributed by atoms with Crippen molar-refractivity contribution in [2.24, 2.45) is 5.41 Å². The van der Waals surface area contributed by atoms with Crippen LogP contribution in [0, 0.1) is 5.41 Å². The SMILES string of the molecule is CC(C)(C)CCC(NC(=O)C1CSc2ccccc21)C(=O)O. The lowest BCUT2D eigenvalue weighted by Gasteiger charge is -2.22. The summed E-state index contributed by atoms with van der Waals surface area (Å²) in [5.41, 5.74) is 1.05. The summed E-state index contributed by atoms with van der Waals surface area (Å²) < 4.78 is 0. The van der Waals surface area contributed by atoms with Gasteiger partial charge in [0.15, 0.2) is 0 Å². The van der Waals surface area contributed by atoms with Gasteiger partial charge in [0.05, 0.1) is 5.92 Å². The van der Waals surface area contributed by atoms with Gasteiger partial charge in [0.25, 0.3) is 0 Å². The molecule has 0 aromatic heterocycles. The van der Waals surface area contributed by atoms with E-state index in [4.69, 9.17) is 0 Å². The Morgan fingerprint density at radius 3 is 2.68 bits per heavy atom. The normalized spacial score (nSPS) is 18.6. The minimum absolute atomic E-state index is 0.0498. The van der Waals surface area contributed by atoms with Crippen molar-refractivity contribution in [2.75, 3.05) is 5.75 Å². The fourth-order valence-electron chi connectivity index (χ4n) is 2.49. The van der Waals surface area contributed by atoms with Gasteiger partial charge in [0.1, 0.15) is 6.04 Å². The Kier molecular flexibility index (Phi) is 5.16. The van der Waals surface area contributed by atoms with E-state index >= 15 is 0 Å². The Bertz CT molecular complexity index is 565. The number of benzene rings is 1. The van der Waals surface area contributed by atoms with Crippen molar-refractivity contribution in [3.05, 3.63) is 29.8 Å². The monoisotopic (exact) mass is 321 g/mol. The van der Waals surface area contributed by atoms with E-state index in [0.717, 1.165) is 16.9 Å². The van der Waals surface area contributed by atoms with Crippen molar-refractivity contribution in [3.8, 4) is 0 Å². The number of hydrogen-bond acceptors (Lipinski definition) is 3. The lowest BCUT2D eigenvalue weighted by Crippen LogP contribution is -2.43. The van der Waals surface area contributed by atoms with Crippen LogP contribution in [0.4, 0.5) is 0 Å². The standard InChI is InChI=1S/C17H23NO3S/c1-17(2,3)9-8-13(16(20)21)18-15(19)12-10-22-14-7-5-4-6-11(12)14/h4-7,12-13H,8-10H2,1-3H3,(H,18,19)(H,20,21). The summed E-state index contributed by atoms with van der Waals surface area (Å²) in [5.74, 6) is -0.718. The number of rotatable bonds is 5. The van der Waals surface area contributed by atoms with Gasteiger partial charge in [0.2, 0.25) is 5.91 Å². The van der Waals surface area contributed by atoms with Crippen LogP contribution in [-0.2, 0) is 9.59 Å². The van der Waals surface area contributed by atoms with E-state index in [0.29, 0.717) is 12.2 Å². The highest BCUT2D eigenvalue weighted by atomic mass is 32.2. The Morgan fingerprint density at radius 2 is 2.05 bits per heavy atom. The van der Waals surface area contributed by atoms with Crippen molar-refractivity contribution in [1.82, 2.24) is 5.32 Å². The molecule has 0 radical (unpaired) electrons. The molecular formula is C17H23NO3S. The first-order valence-corrected chi connectivity index (χ1v) is 8.51. The number of hydrogen-bond donors (Lipinski definition) is 2. The first-order chi connectivity index (χ1) is 10.3. The van der Waals surface area contributed by atoms with Crippen molar-refractivity contribution in [3.63, 3.8) is 0 Å². The molecular weight excluding hydrogens is 298 g/mol. The largest absolute Gasteiger partial charge is 0.480 e. The van der Waals surface area contributed by atoms with Gasteiger partial charge in [-0.15, -0.1) is 11.8 Å². The Hall–Kier alpha value is -1.49. The summed E-state index contributed by atoms with van der Waals surface area (Å²) in [7, 11) is 0. The molecule has 0 spiro atoms. The molecule has 1 heterocycles. The summed E-state index contributed by atoms with van der Waals surface area (Å²) in [6, 6.07) is 7.00. The van der Waals surface area contributed by atoms with E-state index in [1.54, 1.807) is 11.8 Å². The highest BCUT2D eigenvalue weighted by Crippen LogP contribution is 2.39. The number of carboxylic acid groups (broad SMARTS) is 1. The fraction of sp³-hybridized carbons (Fsp3) is 0.529. The van der Waals surface area contributed by atoms with Gasteiger partial charge in [-0.1, -0.05) is 39.0 Å². The number of thioether (sulfide) groups is 1. The number of nitrogens with one attached hydrogen (secondary N) is 1. The lowest BCUT2D eigenvalue weighted by molar-refractivity contribution is -0.142. The zero-order valence-electron chi connectivity index (χ0n) is 13.3. The van der Waals surface area contributed by atoms with Crippen molar-refractivity contribution in [1.29, 1.82) is 0 Å². The quantitative estimate of drug-likeness (QED) is 0.873. The molecule has 1 amide bonds. The van der Waals surface area contributed by atoms with E-state index in [9.17, 15) is 14.7 Å². The van der Waals surface area contributed by atoms with E-state index < -0.39 is 12.0 Å². The molecule has 5 heteroatoms. The number of fused-ring (bicyclic) bond motifs is 1. The molecule has 2 rings (SSSR count). The molecule has 0 fully saturated rings. The third-order valence-electron chi connectivity index (χ3n) is 3.81. The van der Waals surface area contributed by atoms with Gasteiger partial charge in [-0.2, -0.15) is 0 Å². The average molecular weight is 321 g/mol. The molecule has 1 aliphatic rings. The summed E-state index contributed by atoms with van der Waals surface area (Å²) in [5, 5.41) is 12.1. The summed E-state index contributed by atoms with van der Waals surface area (Å²) in [6.45, 7) is 6.20. The van der Waals surface area contributed by atoms with Crippen molar-refractivity contribution < 1.29 is 14.7 Å². The zero-order chi connectivity index (χ0) is 16.3. The maximum atomic E-state index is 12.5. The molecule has 0 bridgehead atoms. The van der Waals surface area contributed by atoms with Crippen LogP contribution in [0.15, 0.2) is 29.2 Å². The minimum Gasteiger partial charge on any atom is -0.480 e. The smallest absolute Gasteiger partial charge is 0.326 e. The van der Waals surface area contributed by atoms with Crippen LogP contribution in [0.25, 0.3) is 0 Å². The predicted molar refractivity (Wildman–Crippen MR) is 88.2 cm³/mol. The van der Waals surface area contributed by atoms with Gasteiger partial charge < -0.3 is 10.4 Å². The molecule has 2 N–H and O–H groups in total. The van der Waals surface area contributed by atoms with Gasteiger partial charge >= 0.3 is 5.97 Å². The highest BCUT2D eigenvalue weighted by molar-refractivity contribution is 7.99. The van der Waals surface area contributed by atoms with E-state index in [-0.39, 0.29) is 17.2 Å². The number of aliphatic carboxylic acids is 1. The molecule has 120 valence electrons. The minimum atomic E-state index is -0.962. The molecule has 2 atom stereocenters. The maximum absolute atomic E-state index is 12.5. The van der Waals surface area contributed by atoms with E-state index in [1.807, 2.05) is 24.3 Å². The Labute approximate surface area is 135 Å². The summed E-state index contributed by atoms with van der Waals surface area (Å²) >= 11 is 1.65. The van der Waals surface area contributed by atoms with Crippen LogP contribution >= 0.6 is 11.8 Å². The molecule has 0 saturated heterocycles. The third kappa shape index (κ3) is 4.26. The Balaban J connectivity index is 2.02. The van der Waals surface area contributed by atoms with Crippen LogP contribution in [0.1, 0.15) is 45.1 Å². The maximum Gasteiger partial charge on any atom is 0.326 e. The van der Waals surface area contributed by atoms with Crippen LogP contribution in [0.3, 0.4) is 0 Å². The number of amides is 1. The average Bonchev–Trinajstić information content (AvgIpc) is 2.85. The van der Waals surface area contributed by atoms with Crippen LogP contribution in [-0.4, -0.2) is 28.8 Å². The fourth-order valence-corrected chi connectivity index (χ4v) is 3.72. The predicted octanol–water partition coefficient (Wildman–Crippen LogP) is 3.27. The van der Waals surface area contributed by atoms with E-state index in [2.05, 4.69) is 26.1 Å². The third-order valence-corrected chi connectivity index (χ3v) is 5.00. The number of carboxylic acids is 1. The van der Waals surface area contributed by atoms with Gasteiger partial charge in [0, 0.05) is 10.6 Å². The first kappa shape index (κ1) is 16.9. The summed E-state index contributed by atoms with van der Waals surface area (Å²) in [6.07, 6.45) is 1.20. The Morgan fingerprint density at radius 1 is 1.36 bits per heavy atom. The van der Waals surface area contributed by atoms with Crippen LogP contribution in [0.5, 0.6) is 0 Å². The van der Waals surface area contributed by atoms with E-state index in [1.165, 1.54) is 0 Å². The lowest BCUT2D eigenvalue weighted by atomic mass is 9.88. The summed E-state index contributed by atoms with van der Waals surface area (Å²) in [4.78, 5) is 25.0. The van der Waals surface area contributed by atoms with Crippen LogP contribution in [0.2, 0.25) is 0 Å². The molecule has 0 saturated carbocycles. The second-order valence-corrected chi connectivity index (χ2v) is 7.96. The topological polar surface area (TPSA) is 66.4 Å². The molecule has 1 aromatic carbocycles. The molecule has 1 aromatic rings. The van der Waals surface area contributed by atoms with Crippen molar-refractivity contribution in [2.45, 2.75) is 50.5 Å². The zero-order valence-corrected chi connectivity index (χ0v) is 14.1. The number of carbonyl (C=O) groups excluding carboxylic acids is 1. The van der Waals surface area contributed by atoms with Crippen molar-refractivity contribution >= 4 is 23.6 Å². The molecule has 0 aliphatic carbocycles. The van der Waals surface area contributed by atoms with Crippen LogP contribution < -0.4 is 5.32 Å². The molecule has 1 aliphatic heterocycles.